The molecule has 0 aliphatic heterocycles. The lowest BCUT2D eigenvalue weighted by Crippen LogP contribution is -2.42. The highest BCUT2D eigenvalue weighted by atomic mass is 16.4. The Bertz CT molecular complexity index is 586. The number of unbranched alkanes of at least 4 members (excludes halogenated alkanes) is 14. The molecule has 0 fully saturated rings. The van der Waals surface area contributed by atoms with Crippen molar-refractivity contribution in [3.05, 3.63) is 0 Å². The highest BCUT2D eigenvalue weighted by molar-refractivity contribution is 5.78. The van der Waals surface area contributed by atoms with Crippen molar-refractivity contribution in [1.82, 2.24) is 9.80 Å². The third-order valence-electron chi connectivity index (χ3n) is 7.02. The summed E-state index contributed by atoms with van der Waals surface area (Å²) in [4.78, 5) is 51.0. The van der Waals surface area contributed by atoms with Crippen LogP contribution in [0.25, 0.3) is 0 Å². The van der Waals surface area contributed by atoms with E-state index in [1.165, 1.54) is 74.0 Å². The zero-order valence-electron chi connectivity index (χ0n) is 24.4. The maximum Gasteiger partial charge on any atom is 0.305 e. The molecule has 0 atom stereocenters. The van der Waals surface area contributed by atoms with Crippen molar-refractivity contribution in [3.8, 4) is 0 Å². The molecule has 2 N–H and O–H groups in total. The highest BCUT2D eigenvalue weighted by Crippen LogP contribution is 2.13. The van der Waals surface area contributed by atoms with Crippen molar-refractivity contribution in [2.24, 2.45) is 0 Å². The van der Waals surface area contributed by atoms with E-state index in [1.807, 2.05) is 0 Å². The van der Waals surface area contributed by atoms with Gasteiger partial charge in [0.25, 0.3) is 0 Å². The number of carbonyl (C=O) groups excluding carboxylic acids is 2. The zero-order valence-corrected chi connectivity index (χ0v) is 24.4. The lowest BCUT2D eigenvalue weighted by molar-refractivity contribution is -0.141. The van der Waals surface area contributed by atoms with Crippen molar-refractivity contribution in [2.45, 2.75) is 142 Å². The Morgan fingerprint density at radius 1 is 0.421 bits per heavy atom. The van der Waals surface area contributed by atoms with Crippen molar-refractivity contribution in [3.63, 3.8) is 0 Å². The third-order valence-corrected chi connectivity index (χ3v) is 7.02. The molecule has 0 radical (unpaired) electrons. The highest BCUT2D eigenvalue weighted by Gasteiger charge is 2.19. The van der Waals surface area contributed by atoms with Crippen molar-refractivity contribution >= 4 is 23.8 Å². The summed E-state index contributed by atoms with van der Waals surface area (Å²) in [5.41, 5.74) is 0. The van der Waals surface area contributed by atoms with E-state index >= 15 is 0 Å². The van der Waals surface area contributed by atoms with Crippen LogP contribution in [0.2, 0.25) is 0 Å². The zero-order chi connectivity index (χ0) is 28.4. The van der Waals surface area contributed by atoms with Gasteiger partial charge in [-0.15, -0.1) is 0 Å². The fraction of sp³-hybridized carbons (Fsp3) is 0.867. The van der Waals surface area contributed by atoms with Crippen LogP contribution in [0.4, 0.5) is 0 Å². The van der Waals surface area contributed by atoms with Gasteiger partial charge >= 0.3 is 11.9 Å². The van der Waals surface area contributed by atoms with Gasteiger partial charge in [-0.05, 0) is 12.8 Å². The van der Waals surface area contributed by atoms with Crippen LogP contribution in [0.5, 0.6) is 0 Å². The second-order valence-electron chi connectivity index (χ2n) is 10.5. The summed E-state index contributed by atoms with van der Waals surface area (Å²) < 4.78 is 0. The molecule has 222 valence electrons. The number of carbonyl (C=O) groups is 4. The van der Waals surface area contributed by atoms with Crippen LogP contribution in [-0.4, -0.2) is 69.9 Å². The number of carboxylic acids is 2. The Balaban J connectivity index is 4.67. The fourth-order valence-corrected chi connectivity index (χ4v) is 4.56. The predicted octanol–water partition coefficient (Wildman–Crippen LogP) is 6.65. The fourth-order valence-electron chi connectivity index (χ4n) is 4.56. The standard InChI is InChI=1S/C30H56N2O6/c1-3-5-7-9-11-13-15-17-19-27(33)31(23-21-29(35)36)25-26-32(24-22-30(37)38)28(34)20-18-16-14-12-10-8-6-4-2/h3-26H2,1-2H3,(H,35,36)(H,37,38). The van der Waals surface area contributed by atoms with Crippen LogP contribution >= 0.6 is 0 Å². The van der Waals surface area contributed by atoms with Gasteiger partial charge in [-0.3, -0.25) is 19.2 Å². The molecule has 0 spiro atoms. The molecule has 38 heavy (non-hydrogen) atoms. The van der Waals surface area contributed by atoms with E-state index in [2.05, 4.69) is 13.8 Å². The number of amides is 2. The summed E-state index contributed by atoms with van der Waals surface area (Å²) in [6.07, 6.45) is 18.5. The van der Waals surface area contributed by atoms with Crippen molar-refractivity contribution < 1.29 is 29.4 Å². The van der Waals surface area contributed by atoms with Crippen LogP contribution in [0.15, 0.2) is 0 Å². The summed E-state index contributed by atoms with van der Waals surface area (Å²) in [5, 5.41) is 18.2. The SMILES string of the molecule is CCCCCCCCCCC(=O)N(CCC(=O)O)CCN(CCC(=O)O)C(=O)CCCCCCCCCC. The summed E-state index contributed by atoms with van der Waals surface area (Å²) in [6, 6.07) is 0. The molecule has 8 nitrogen and oxygen atoms in total. The van der Waals surface area contributed by atoms with E-state index < -0.39 is 11.9 Å². The molecule has 2 amide bonds. The molecule has 0 saturated carbocycles. The lowest BCUT2D eigenvalue weighted by atomic mass is 10.1. The Morgan fingerprint density at radius 2 is 0.711 bits per heavy atom. The largest absolute Gasteiger partial charge is 0.481 e. The summed E-state index contributed by atoms with van der Waals surface area (Å²) in [6.45, 7) is 5.05. The molecule has 0 aliphatic rings. The maximum absolute atomic E-state index is 12.9. The van der Waals surface area contributed by atoms with E-state index in [1.54, 1.807) is 0 Å². The van der Waals surface area contributed by atoms with Gasteiger partial charge in [0.15, 0.2) is 0 Å². The van der Waals surface area contributed by atoms with Gasteiger partial charge in [0.05, 0.1) is 12.8 Å². The maximum atomic E-state index is 12.9. The topological polar surface area (TPSA) is 115 Å². The van der Waals surface area contributed by atoms with Gasteiger partial charge in [-0.25, -0.2) is 0 Å². The van der Waals surface area contributed by atoms with Gasteiger partial charge in [-0.2, -0.15) is 0 Å². The third kappa shape index (κ3) is 21.9. The molecule has 8 heteroatoms. The average Bonchev–Trinajstić information content (AvgIpc) is 2.88. The summed E-state index contributed by atoms with van der Waals surface area (Å²) >= 11 is 0. The van der Waals surface area contributed by atoms with E-state index in [0.29, 0.717) is 12.8 Å². The number of rotatable bonds is 27. The average molecular weight is 541 g/mol. The summed E-state index contributed by atoms with van der Waals surface area (Å²) in [7, 11) is 0. The Labute approximate surface area is 231 Å². The molecule has 0 aromatic rings. The molecular weight excluding hydrogens is 484 g/mol. The van der Waals surface area contributed by atoms with Crippen LogP contribution in [-0.2, 0) is 19.2 Å². The van der Waals surface area contributed by atoms with Crippen molar-refractivity contribution in [2.75, 3.05) is 26.2 Å². The lowest BCUT2D eigenvalue weighted by Gasteiger charge is -2.28. The van der Waals surface area contributed by atoms with Gasteiger partial charge in [0, 0.05) is 39.0 Å². The minimum atomic E-state index is -0.969. The first-order valence-electron chi connectivity index (χ1n) is 15.3. The number of carboxylic acid groups (broad SMARTS) is 2. The number of aliphatic carboxylic acids is 2. The van der Waals surface area contributed by atoms with E-state index in [4.69, 9.17) is 10.2 Å². The first-order valence-corrected chi connectivity index (χ1v) is 15.3. The van der Waals surface area contributed by atoms with E-state index in [-0.39, 0.29) is 50.8 Å². The number of hydrogen-bond acceptors (Lipinski definition) is 4. The predicted molar refractivity (Wildman–Crippen MR) is 152 cm³/mol. The Hall–Kier alpha value is -2.12. The minimum Gasteiger partial charge on any atom is -0.481 e. The van der Waals surface area contributed by atoms with Gasteiger partial charge in [-0.1, -0.05) is 104 Å². The molecule has 0 bridgehead atoms. The first-order chi connectivity index (χ1) is 18.3. The number of nitrogens with zero attached hydrogens (tertiary/aromatic N) is 2. The molecule has 0 aliphatic carbocycles. The first kappa shape index (κ1) is 35.9. The van der Waals surface area contributed by atoms with Crippen LogP contribution < -0.4 is 0 Å². The van der Waals surface area contributed by atoms with Crippen LogP contribution in [0.3, 0.4) is 0 Å². The minimum absolute atomic E-state index is 0.0917. The molecule has 0 saturated heterocycles. The molecule has 0 rings (SSSR count). The van der Waals surface area contributed by atoms with Crippen molar-refractivity contribution in [1.29, 1.82) is 0 Å². The van der Waals surface area contributed by atoms with Gasteiger partial charge in [0.1, 0.15) is 0 Å². The second-order valence-corrected chi connectivity index (χ2v) is 10.5. The molecular formula is C30H56N2O6. The summed E-state index contributed by atoms with van der Waals surface area (Å²) in [5.74, 6) is -2.12. The van der Waals surface area contributed by atoms with E-state index in [9.17, 15) is 19.2 Å². The molecule has 0 aromatic carbocycles. The number of hydrogen-bond donors (Lipinski definition) is 2. The Morgan fingerprint density at radius 3 is 1.00 bits per heavy atom. The second kappa shape index (κ2) is 25.2. The quantitative estimate of drug-likeness (QED) is 0.113. The van der Waals surface area contributed by atoms with Crippen LogP contribution in [0, 0.1) is 0 Å². The van der Waals surface area contributed by atoms with Gasteiger partial charge < -0.3 is 20.0 Å². The van der Waals surface area contributed by atoms with E-state index in [0.717, 1.165) is 38.5 Å². The van der Waals surface area contributed by atoms with Crippen LogP contribution in [0.1, 0.15) is 142 Å². The normalized spacial score (nSPS) is 10.9. The van der Waals surface area contributed by atoms with Gasteiger partial charge in [0.2, 0.25) is 11.8 Å². The molecule has 0 aromatic heterocycles. The Kier molecular flexibility index (Phi) is 23.8. The molecule has 0 unspecified atom stereocenters. The monoisotopic (exact) mass is 540 g/mol. The smallest absolute Gasteiger partial charge is 0.305 e. The molecule has 0 heterocycles.